The first-order valence-corrected chi connectivity index (χ1v) is 6.81. The van der Waals surface area contributed by atoms with Crippen LogP contribution >= 0.6 is 0 Å². The van der Waals surface area contributed by atoms with Gasteiger partial charge in [0.25, 0.3) is 0 Å². The molecule has 1 fully saturated rings. The molecule has 2 amide bonds. The van der Waals surface area contributed by atoms with Crippen LogP contribution in [0.4, 0.5) is 10.5 Å². The Kier molecular flexibility index (Phi) is 4.55. The number of nitrogens with one attached hydrogen (secondary N) is 2. The molecule has 0 atom stereocenters. The van der Waals surface area contributed by atoms with E-state index in [-0.39, 0.29) is 17.8 Å². The molecule has 1 heterocycles. The molecule has 2 rings (SSSR count). The summed E-state index contributed by atoms with van der Waals surface area (Å²) in [4.78, 5) is 26.2. The number of anilines is 1. The van der Waals surface area contributed by atoms with Gasteiger partial charge in [0.15, 0.2) is 0 Å². The number of carbonyl (C=O) groups excluding carboxylic acids is 1. The van der Waals surface area contributed by atoms with Gasteiger partial charge in [0.05, 0.1) is 11.9 Å². The van der Waals surface area contributed by atoms with Gasteiger partial charge in [-0.05, 0) is 43.7 Å². The SMILES string of the molecule is CC1CCC(NC(=O)Nc2ccc(C(=O)O)nc2)CC1. The van der Waals surface area contributed by atoms with Crippen LogP contribution in [-0.2, 0) is 0 Å². The molecule has 1 aliphatic rings. The molecule has 6 heteroatoms. The van der Waals surface area contributed by atoms with Crippen molar-refractivity contribution in [2.45, 2.75) is 38.6 Å². The number of amides is 2. The lowest BCUT2D eigenvalue weighted by Crippen LogP contribution is -2.39. The molecule has 0 saturated heterocycles. The number of carbonyl (C=O) groups is 2. The molecule has 6 nitrogen and oxygen atoms in total. The van der Waals surface area contributed by atoms with Crippen molar-refractivity contribution in [3.05, 3.63) is 24.0 Å². The van der Waals surface area contributed by atoms with Crippen molar-refractivity contribution in [2.24, 2.45) is 5.92 Å². The number of carboxylic acids is 1. The van der Waals surface area contributed by atoms with Crippen LogP contribution in [0, 0.1) is 5.92 Å². The van der Waals surface area contributed by atoms with Crippen LogP contribution in [0.5, 0.6) is 0 Å². The number of carboxylic acid groups (broad SMARTS) is 1. The quantitative estimate of drug-likeness (QED) is 0.791. The average Bonchev–Trinajstić information content (AvgIpc) is 2.42. The van der Waals surface area contributed by atoms with Crippen LogP contribution in [-0.4, -0.2) is 28.1 Å². The van der Waals surface area contributed by atoms with Crippen molar-refractivity contribution in [1.82, 2.24) is 10.3 Å². The smallest absolute Gasteiger partial charge is 0.354 e. The summed E-state index contributed by atoms with van der Waals surface area (Å²) in [5.74, 6) is -0.346. The first-order valence-electron chi connectivity index (χ1n) is 6.81. The van der Waals surface area contributed by atoms with E-state index in [1.54, 1.807) is 0 Å². The maximum absolute atomic E-state index is 11.8. The highest BCUT2D eigenvalue weighted by Crippen LogP contribution is 2.23. The average molecular weight is 277 g/mol. The lowest BCUT2D eigenvalue weighted by Gasteiger charge is -2.26. The fourth-order valence-corrected chi connectivity index (χ4v) is 2.35. The van der Waals surface area contributed by atoms with Gasteiger partial charge in [0.2, 0.25) is 0 Å². The van der Waals surface area contributed by atoms with E-state index in [1.165, 1.54) is 18.3 Å². The van der Waals surface area contributed by atoms with E-state index in [2.05, 4.69) is 22.5 Å². The van der Waals surface area contributed by atoms with Crippen molar-refractivity contribution in [3.8, 4) is 0 Å². The number of hydrogen-bond acceptors (Lipinski definition) is 3. The Bertz CT molecular complexity index is 479. The van der Waals surface area contributed by atoms with Crippen LogP contribution < -0.4 is 10.6 Å². The largest absolute Gasteiger partial charge is 0.477 e. The van der Waals surface area contributed by atoms with Crippen molar-refractivity contribution in [1.29, 1.82) is 0 Å². The maximum atomic E-state index is 11.8. The van der Waals surface area contributed by atoms with Gasteiger partial charge in [-0.3, -0.25) is 0 Å². The molecule has 1 aliphatic carbocycles. The third-order valence-electron chi connectivity index (χ3n) is 3.59. The monoisotopic (exact) mass is 277 g/mol. The third-order valence-corrected chi connectivity index (χ3v) is 3.59. The number of urea groups is 1. The highest BCUT2D eigenvalue weighted by Gasteiger charge is 2.19. The van der Waals surface area contributed by atoms with E-state index in [4.69, 9.17) is 5.11 Å². The normalized spacial score (nSPS) is 22.1. The zero-order valence-electron chi connectivity index (χ0n) is 11.4. The predicted molar refractivity (Wildman–Crippen MR) is 74.8 cm³/mol. The summed E-state index contributed by atoms with van der Waals surface area (Å²) in [6.07, 6.45) is 5.63. The van der Waals surface area contributed by atoms with Gasteiger partial charge in [0.1, 0.15) is 5.69 Å². The number of aromatic carboxylic acids is 1. The molecule has 0 spiro atoms. The molecule has 0 radical (unpaired) electrons. The fraction of sp³-hybridized carbons (Fsp3) is 0.500. The van der Waals surface area contributed by atoms with Gasteiger partial charge in [-0.15, -0.1) is 0 Å². The van der Waals surface area contributed by atoms with Crippen LogP contribution in [0.15, 0.2) is 18.3 Å². The summed E-state index contributed by atoms with van der Waals surface area (Å²) in [6, 6.07) is 2.84. The molecule has 1 aromatic rings. The first-order chi connectivity index (χ1) is 9.54. The van der Waals surface area contributed by atoms with Gasteiger partial charge in [0, 0.05) is 6.04 Å². The summed E-state index contributed by atoms with van der Waals surface area (Å²) >= 11 is 0. The standard InChI is InChI=1S/C14H19N3O3/c1-9-2-4-10(5-3-9)16-14(20)17-11-6-7-12(13(18)19)15-8-11/h6-10H,2-5H2,1H3,(H,18,19)(H2,16,17,20). The van der Waals surface area contributed by atoms with Crippen LogP contribution in [0.25, 0.3) is 0 Å². The Morgan fingerprint density at radius 3 is 2.50 bits per heavy atom. The van der Waals surface area contributed by atoms with E-state index in [9.17, 15) is 9.59 Å². The molecule has 0 aromatic carbocycles. The summed E-state index contributed by atoms with van der Waals surface area (Å²) in [6.45, 7) is 2.23. The minimum absolute atomic E-state index is 0.0442. The van der Waals surface area contributed by atoms with Crippen molar-refractivity contribution >= 4 is 17.7 Å². The third kappa shape index (κ3) is 3.94. The number of pyridine rings is 1. The van der Waals surface area contributed by atoms with Gasteiger partial charge in [-0.2, -0.15) is 0 Å². The summed E-state index contributed by atoms with van der Waals surface area (Å²) in [7, 11) is 0. The Morgan fingerprint density at radius 1 is 1.25 bits per heavy atom. The molecule has 1 aromatic heterocycles. The van der Waals surface area contributed by atoms with E-state index >= 15 is 0 Å². The van der Waals surface area contributed by atoms with E-state index in [1.807, 2.05) is 0 Å². The molecule has 3 N–H and O–H groups in total. The second kappa shape index (κ2) is 6.36. The van der Waals surface area contributed by atoms with Crippen LogP contribution in [0.1, 0.15) is 43.1 Å². The molecule has 108 valence electrons. The zero-order chi connectivity index (χ0) is 14.5. The Morgan fingerprint density at radius 2 is 1.95 bits per heavy atom. The molecule has 0 aliphatic heterocycles. The topological polar surface area (TPSA) is 91.3 Å². The number of rotatable bonds is 3. The Labute approximate surface area is 117 Å². The highest BCUT2D eigenvalue weighted by molar-refractivity contribution is 5.90. The number of aromatic nitrogens is 1. The van der Waals surface area contributed by atoms with Crippen molar-refractivity contribution < 1.29 is 14.7 Å². The van der Waals surface area contributed by atoms with Crippen molar-refractivity contribution in [2.75, 3.05) is 5.32 Å². The lowest BCUT2D eigenvalue weighted by molar-refractivity contribution is 0.0690. The van der Waals surface area contributed by atoms with E-state index in [0.29, 0.717) is 5.69 Å². The molecular weight excluding hydrogens is 258 g/mol. The minimum atomic E-state index is -1.09. The molecular formula is C14H19N3O3. The van der Waals surface area contributed by atoms with E-state index in [0.717, 1.165) is 31.6 Å². The Hall–Kier alpha value is -2.11. The fourth-order valence-electron chi connectivity index (χ4n) is 2.35. The van der Waals surface area contributed by atoms with Gasteiger partial charge >= 0.3 is 12.0 Å². The summed E-state index contributed by atoms with van der Waals surface area (Å²) < 4.78 is 0. The lowest BCUT2D eigenvalue weighted by atomic mass is 9.87. The van der Waals surface area contributed by atoms with Crippen molar-refractivity contribution in [3.63, 3.8) is 0 Å². The highest BCUT2D eigenvalue weighted by atomic mass is 16.4. The predicted octanol–water partition coefficient (Wildman–Crippen LogP) is 2.48. The first kappa shape index (κ1) is 14.3. The van der Waals surface area contributed by atoms with Gasteiger partial charge in [-0.25, -0.2) is 14.6 Å². The maximum Gasteiger partial charge on any atom is 0.354 e. The molecule has 20 heavy (non-hydrogen) atoms. The second-order valence-electron chi connectivity index (χ2n) is 5.29. The second-order valence-corrected chi connectivity index (χ2v) is 5.29. The molecule has 0 bridgehead atoms. The minimum Gasteiger partial charge on any atom is -0.477 e. The number of nitrogens with zero attached hydrogens (tertiary/aromatic N) is 1. The van der Waals surface area contributed by atoms with Gasteiger partial charge in [-0.1, -0.05) is 6.92 Å². The summed E-state index contributed by atoms with van der Waals surface area (Å²) in [5, 5.41) is 14.3. The number of hydrogen-bond donors (Lipinski definition) is 3. The van der Waals surface area contributed by atoms with E-state index < -0.39 is 5.97 Å². The van der Waals surface area contributed by atoms with Crippen LogP contribution in [0.2, 0.25) is 0 Å². The Balaban J connectivity index is 1.83. The molecule has 1 saturated carbocycles. The van der Waals surface area contributed by atoms with Crippen LogP contribution in [0.3, 0.4) is 0 Å². The zero-order valence-corrected chi connectivity index (χ0v) is 11.4. The summed E-state index contributed by atoms with van der Waals surface area (Å²) in [5.41, 5.74) is 0.439. The molecule has 0 unspecified atom stereocenters. The van der Waals surface area contributed by atoms with Gasteiger partial charge < -0.3 is 15.7 Å².